The first-order valence-electron chi connectivity index (χ1n) is 11.4. The molecule has 9 heteroatoms. The van der Waals surface area contributed by atoms with Crippen molar-refractivity contribution in [1.29, 1.82) is 0 Å². The van der Waals surface area contributed by atoms with Gasteiger partial charge in [-0.3, -0.25) is 4.79 Å². The molecule has 33 heavy (non-hydrogen) atoms. The summed E-state index contributed by atoms with van der Waals surface area (Å²) >= 11 is 0. The number of hydrogen-bond acceptors (Lipinski definition) is 5. The molecule has 2 aliphatic carbocycles. The van der Waals surface area contributed by atoms with Gasteiger partial charge in [-0.15, -0.1) is 5.10 Å². The Labute approximate surface area is 192 Å². The van der Waals surface area contributed by atoms with E-state index in [0.717, 1.165) is 36.8 Å². The maximum absolute atomic E-state index is 13.3. The van der Waals surface area contributed by atoms with Crippen LogP contribution < -0.4 is 16.0 Å². The van der Waals surface area contributed by atoms with Crippen LogP contribution in [0.1, 0.15) is 50.1 Å². The van der Waals surface area contributed by atoms with Gasteiger partial charge >= 0.3 is 6.03 Å². The van der Waals surface area contributed by atoms with Gasteiger partial charge in [-0.25, -0.2) is 9.48 Å². The van der Waals surface area contributed by atoms with Crippen LogP contribution in [-0.2, 0) is 11.3 Å². The quantitative estimate of drug-likeness (QED) is 0.516. The van der Waals surface area contributed by atoms with Crippen LogP contribution in [0.2, 0.25) is 0 Å². The van der Waals surface area contributed by atoms with E-state index >= 15 is 0 Å². The SMILES string of the molecule is O=C(NCc1ccccc1)NC1(C(=O)Nc2cccc(-c3nnnn3C3CC3)c2)CCCC1. The number of aromatic nitrogens is 4. The van der Waals surface area contributed by atoms with Gasteiger partial charge in [0, 0.05) is 17.8 Å². The lowest BCUT2D eigenvalue weighted by Gasteiger charge is -2.29. The molecule has 170 valence electrons. The van der Waals surface area contributed by atoms with Crippen molar-refractivity contribution in [3.05, 3.63) is 60.2 Å². The maximum Gasteiger partial charge on any atom is 0.315 e. The molecular weight excluding hydrogens is 418 g/mol. The number of carbonyl (C=O) groups is 2. The Morgan fingerprint density at radius 1 is 1.03 bits per heavy atom. The van der Waals surface area contributed by atoms with Gasteiger partial charge in [-0.05, 0) is 53.8 Å². The van der Waals surface area contributed by atoms with Crippen LogP contribution in [0.5, 0.6) is 0 Å². The minimum Gasteiger partial charge on any atom is -0.334 e. The zero-order valence-electron chi connectivity index (χ0n) is 18.3. The van der Waals surface area contributed by atoms with Gasteiger partial charge in [0.1, 0.15) is 5.54 Å². The Morgan fingerprint density at radius 3 is 2.58 bits per heavy atom. The minimum absolute atomic E-state index is 0.200. The number of nitrogens with one attached hydrogen (secondary N) is 3. The summed E-state index contributed by atoms with van der Waals surface area (Å²) in [5, 5.41) is 20.9. The highest BCUT2D eigenvalue weighted by atomic mass is 16.2. The summed E-state index contributed by atoms with van der Waals surface area (Å²) in [5.74, 6) is 0.497. The molecule has 1 heterocycles. The topological polar surface area (TPSA) is 114 Å². The third-order valence-electron chi connectivity index (χ3n) is 6.30. The second kappa shape index (κ2) is 9.01. The predicted molar refractivity (Wildman–Crippen MR) is 123 cm³/mol. The van der Waals surface area contributed by atoms with Crippen molar-refractivity contribution in [2.75, 3.05) is 5.32 Å². The highest BCUT2D eigenvalue weighted by Gasteiger charge is 2.42. The monoisotopic (exact) mass is 445 g/mol. The van der Waals surface area contributed by atoms with Crippen molar-refractivity contribution < 1.29 is 9.59 Å². The summed E-state index contributed by atoms with van der Waals surface area (Å²) in [7, 11) is 0. The lowest BCUT2D eigenvalue weighted by Crippen LogP contribution is -2.57. The molecule has 0 bridgehead atoms. The van der Waals surface area contributed by atoms with Crippen LogP contribution in [0.15, 0.2) is 54.6 Å². The first-order chi connectivity index (χ1) is 16.1. The Hall–Kier alpha value is -3.75. The number of anilines is 1. The van der Waals surface area contributed by atoms with Crippen molar-refractivity contribution >= 4 is 17.6 Å². The van der Waals surface area contributed by atoms with E-state index in [1.54, 1.807) is 0 Å². The molecule has 0 saturated heterocycles. The minimum atomic E-state index is -0.924. The fraction of sp³-hybridized carbons (Fsp3) is 0.375. The fourth-order valence-corrected chi connectivity index (χ4v) is 4.36. The number of nitrogens with zero attached hydrogens (tertiary/aromatic N) is 4. The Bertz CT molecular complexity index is 1130. The second-order valence-corrected chi connectivity index (χ2v) is 8.80. The van der Waals surface area contributed by atoms with Crippen LogP contribution in [0.4, 0.5) is 10.5 Å². The first-order valence-corrected chi connectivity index (χ1v) is 11.4. The van der Waals surface area contributed by atoms with Crippen molar-refractivity contribution in [3.63, 3.8) is 0 Å². The number of amides is 3. The van der Waals surface area contributed by atoms with Gasteiger partial charge in [0.2, 0.25) is 5.91 Å². The normalized spacial score (nSPS) is 16.8. The van der Waals surface area contributed by atoms with E-state index in [9.17, 15) is 9.59 Å². The summed E-state index contributed by atoms with van der Waals surface area (Å²) in [6, 6.07) is 17.2. The molecule has 3 aromatic rings. The molecule has 2 fully saturated rings. The maximum atomic E-state index is 13.3. The van der Waals surface area contributed by atoms with E-state index in [0.29, 0.717) is 36.9 Å². The summed E-state index contributed by atoms with van der Waals surface area (Å²) in [5.41, 5.74) is 1.58. The molecule has 0 spiro atoms. The van der Waals surface area contributed by atoms with E-state index in [2.05, 4.69) is 31.5 Å². The zero-order chi connectivity index (χ0) is 22.7. The van der Waals surface area contributed by atoms with Crippen molar-refractivity contribution in [1.82, 2.24) is 30.8 Å². The van der Waals surface area contributed by atoms with Gasteiger partial charge in [0.25, 0.3) is 0 Å². The number of rotatable bonds is 7. The molecular formula is C24H27N7O2. The van der Waals surface area contributed by atoms with E-state index < -0.39 is 5.54 Å². The molecule has 0 radical (unpaired) electrons. The summed E-state index contributed by atoms with van der Waals surface area (Å²) in [6.07, 6.45) is 5.16. The lowest BCUT2D eigenvalue weighted by molar-refractivity contribution is -0.121. The number of hydrogen-bond donors (Lipinski definition) is 3. The van der Waals surface area contributed by atoms with Crippen LogP contribution in [0.25, 0.3) is 11.4 Å². The smallest absolute Gasteiger partial charge is 0.315 e. The average molecular weight is 446 g/mol. The van der Waals surface area contributed by atoms with Gasteiger partial charge in [-0.1, -0.05) is 55.3 Å². The molecule has 3 amide bonds. The van der Waals surface area contributed by atoms with E-state index in [-0.39, 0.29) is 11.9 Å². The standard InChI is InChI=1S/C24H27N7O2/c32-22(24(13-4-5-14-24)27-23(33)25-16-17-7-2-1-3-8-17)26-19-10-6-9-18(15-19)21-28-29-30-31(21)20-11-12-20/h1-3,6-10,15,20H,4-5,11-14,16H2,(H,26,32)(H2,25,27,33). The van der Waals surface area contributed by atoms with E-state index in [4.69, 9.17) is 0 Å². The van der Waals surface area contributed by atoms with Crippen LogP contribution in [0, 0.1) is 0 Å². The molecule has 0 aliphatic heterocycles. The third kappa shape index (κ3) is 4.72. The average Bonchev–Trinajstić information content (AvgIpc) is 3.36. The molecule has 2 aliphatic rings. The summed E-state index contributed by atoms with van der Waals surface area (Å²) in [6.45, 7) is 0.405. The molecule has 0 unspecified atom stereocenters. The highest BCUT2D eigenvalue weighted by Crippen LogP contribution is 2.37. The van der Waals surface area contributed by atoms with Crippen LogP contribution in [-0.4, -0.2) is 37.7 Å². The predicted octanol–water partition coefficient (Wildman–Crippen LogP) is 3.43. The van der Waals surface area contributed by atoms with Crippen molar-refractivity contribution in [2.24, 2.45) is 0 Å². The van der Waals surface area contributed by atoms with E-state index in [1.165, 1.54) is 0 Å². The Kier molecular flexibility index (Phi) is 5.77. The summed E-state index contributed by atoms with van der Waals surface area (Å²) < 4.78 is 1.85. The third-order valence-corrected chi connectivity index (χ3v) is 6.30. The molecule has 5 rings (SSSR count). The number of urea groups is 1. The fourth-order valence-electron chi connectivity index (χ4n) is 4.36. The molecule has 9 nitrogen and oxygen atoms in total. The van der Waals surface area contributed by atoms with Gasteiger partial charge in [0.05, 0.1) is 6.04 Å². The lowest BCUT2D eigenvalue weighted by atomic mass is 9.96. The highest BCUT2D eigenvalue weighted by molar-refractivity contribution is 6.01. The van der Waals surface area contributed by atoms with Crippen molar-refractivity contribution in [2.45, 2.75) is 56.7 Å². The number of benzene rings is 2. The molecule has 2 aromatic carbocycles. The van der Waals surface area contributed by atoms with Crippen LogP contribution >= 0.6 is 0 Å². The Morgan fingerprint density at radius 2 is 1.82 bits per heavy atom. The first kappa shape index (κ1) is 21.1. The molecule has 3 N–H and O–H groups in total. The number of carbonyl (C=O) groups excluding carboxylic acids is 2. The van der Waals surface area contributed by atoms with Gasteiger partial charge < -0.3 is 16.0 Å². The second-order valence-electron chi connectivity index (χ2n) is 8.80. The molecule has 2 saturated carbocycles. The molecule has 0 atom stereocenters. The van der Waals surface area contributed by atoms with Crippen molar-refractivity contribution in [3.8, 4) is 11.4 Å². The Balaban J connectivity index is 1.27. The zero-order valence-corrected chi connectivity index (χ0v) is 18.3. The molecule has 1 aromatic heterocycles. The van der Waals surface area contributed by atoms with Gasteiger partial charge in [-0.2, -0.15) is 0 Å². The van der Waals surface area contributed by atoms with E-state index in [1.807, 2.05) is 59.3 Å². The largest absolute Gasteiger partial charge is 0.334 e. The van der Waals surface area contributed by atoms with Crippen LogP contribution in [0.3, 0.4) is 0 Å². The summed E-state index contributed by atoms with van der Waals surface area (Å²) in [4.78, 5) is 26.0. The van der Waals surface area contributed by atoms with Gasteiger partial charge in [0.15, 0.2) is 5.82 Å². The number of tetrazole rings is 1.